The van der Waals surface area contributed by atoms with Crippen molar-refractivity contribution in [3.63, 3.8) is 0 Å². The number of benzene rings is 1. The Labute approximate surface area is 182 Å². The average Bonchev–Trinajstić information content (AvgIpc) is 2.63. The predicted molar refractivity (Wildman–Crippen MR) is 101 cm³/mol. The summed E-state index contributed by atoms with van der Waals surface area (Å²) >= 11 is 0. The largest absolute Gasteiger partial charge is 0.419 e. The maximum absolute atomic E-state index is 12.8. The summed E-state index contributed by atoms with van der Waals surface area (Å²) in [5, 5.41) is 10.7. The predicted octanol–water partition coefficient (Wildman–Crippen LogP) is 3.45. The Morgan fingerprint density at radius 2 is 1.76 bits per heavy atom. The number of piperidine rings is 1. The molecule has 0 aliphatic carbocycles. The molecule has 1 aromatic heterocycles. The van der Waals surface area contributed by atoms with Gasteiger partial charge in [0.1, 0.15) is 5.82 Å². The smallest absolute Gasteiger partial charge is 0.416 e. The molecule has 7 nitrogen and oxygen atoms in total. The van der Waals surface area contributed by atoms with Crippen molar-refractivity contribution >= 4 is 22.4 Å². The molecule has 29 heavy (non-hydrogen) atoms. The zero-order valence-corrected chi connectivity index (χ0v) is 19.1. The number of nitrogen functional groups attached to an aromatic ring is 1. The Morgan fingerprint density at radius 3 is 2.17 bits per heavy atom. The van der Waals surface area contributed by atoms with Gasteiger partial charge in [0, 0.05) is 42.6 Å². The molecule has 0 amide bonds. The van der Waals surface area contributed by atoms with Gasteiger partial charge in [-0.15, -0.1) is 10.2 Å². The van der Waals surface area contributed by atoms with E-state index in [2.05, 4.69) is 15.5 Å². The summed E-state index contributed by atoms with van der Waals surface area (Å²) in [5.74, 6) is 0.134. The zero-order valence-electron chi connectivity index (χ0n) is 15.6. The zero-order chi connectivity index (χ0) is 20.7. The molecule has 1 radical (unpaired) electrons. The van der Waals surface area contributed by atoms with E-state index >= 15 is 0 Å². The molecule has 1 aromatic carbocycles. The van der Waals surface area contributed by atoms with Gasteiger partial charge in [-0.1, -0.05) is 6.42 Å². The van der Waals surface area contributed by atoms with Crippen LogP contribution in [0.25, 0.3) is 11.3 Å². The van der Waals surface area contributed by atoms with Gasteiger partial charge in [-0.05, 0) is 62.7 Å². The molecule has 0 atom stereocenters. The summed E-state index contributed by atoms with van der Waals surface area (Å²) in [7, 11) is -2.79. The van der Waals surface area contributed by atoms with E-state index in [-0.39, 0.29) is 48.7 Å². The Morgan fingerprint density at radius 1 is 1.10 bits per heavy atom. The van der Waals surface area contributed by atoms with Crippen molar-refractivity contribution in [3.8, 4) is 11.3 Å². The van der Waals surface area contributed by atoms with Gasteiger partial charge in [0.25, 0.3) is 0 Å². The van der Waals surface area contributed by atoms with Crippen LogP contribution >= 0.6 is 0 Å². The number of nitrogens with zero attached hydrogens (tertiary/aromatic N) is 2. The van der Waals surface area contributed by atoms with E-state index < -0.39 is 22.6 Å². The van der Waals surface area contributed by atoms with Gasteiger partial charge < -0.3 is 24.2 Å². The Balaban J connectivity index is 0.000000514. The first kappa shape index (κ1) is 25.3. The van der Waals surface area contributed by atoms with Gasteiger partial charge in [-0.3, -0.25) is 0 Å². The van der Waals surface area contributed by atoms with Crippen molar-refractivity contribution in [1.82, 2.24) is 15.5 Å². The van der Waals surface area contributed by atoms with Crippen molar-refractivity contribution in [2.75, 3.05) is 23.5 Å². The standard InChI is InChI=1S/C12H10F3N4O2S.C5H11N.Re/c1-6-4-7(12(13,14)15)5-9(19-22(20)21)11(6)8-2-3-10(16)18-17-8;1-2-4-6-5-3-1;/h2-5H,1H3,(H2,16,18)(H,19,20,21);6H,1-5H2;/q-1;;. The maximum Gasteiger partial charge on any atom is 0.416 e. The number of alkyl halides is 3. The SMILES string of the molecule is C1CCNCC1.Cc1cc(C(F)(F)F)cc(N[S-](=O)=O)c1-c1ccc(N)nn1.[Re]. The maximum atomic E-state index is 12.8. The average molecular weight is 603 g/mol. The minimum Gasteiger partial charge on any atom is -0.419 e. The molecule has 2 aromatic rings. The molecular formula is C17H21F3N5O2ReS-. The number of aromatic nitrogens is 2. The summed E-state index contributed by atoms with van der Waals surface area (Å²) in [5.41, 5.74) is 4.80. The van der Waals surface area contributed by atoms with Crippen LogP contribution in [0, 0.1) is 6.92 Å². The number of anilines is 2. The van der Waals surface area contributed by atoms with Crippen molar-refractivity contribution in [2.45, 2.75) is 32.4 Å². The van der Waals surface area contributed by atoms with Crippen molar-refractivity contribution in [2.24, 2.45) is 0 Å². The monoisotopic (exact) mass is 603 g/mol. The number of rotatable bonds is 3. The quantitative estimate of drug-likeness (QED) is 0.465. The van der Waals surface area contributed by atoms with Crippen LogP contribution in [-0.2, 0) is 45.9 Å². The van der Waals surface area contributed by atoms with Crippen LogP contribution in [0.3, 0.4) is 0 Å². The van der Waals surface area contributed by atoms with Gasteiger partial charge in [-0.25, -0.2) is 0 Å². The molecule has 0 unspecified atom stereocenters. The third-order valence-electron chi connectivity index (χ3n) is 4.00. The van der Waals surface area contributed by atoms with E-state index in [9.17, 15) is 21.6 Å². The topological polar surface area (TPSA) is 110 Å². The summed E-state index contributed by atoms with van der Waals surface area (Å²) in [4.78, 5) is 0. The number of aryl methyl sites for hydroxylation is 1. The summed E-state index contributed by atoms with van der Waals surface area (Å²) in [6.07, 6.45) is -0.385. The van der Waals surface area contributed by atoms with Crippen LogP contribution in [0.1, 0.15) is 30.4 Å². The van der Waals surface area contributed by atoms with Crippen LogP contribution < -0.4 is 15.8 Å². The first-order chi connectivity index (χ1) is 13.2. The molecule has 3 rings (SSSR count). The second-order valence-electron chi connectivity index (χ2n) is 6.20. The van der Waals surface area contributed by atoms with Crippen LogP contribution in [-0.4, -0.2) is 23.3 Å². The fraction of sp³-hybridized carbons (Fsp3) is 0.412. The van der Waals surface area contributed by atoms with E-state index in [1.807, 2.05) is 4.72 Å². The van der Waals surface area contributed by atoms with Gasteiger partial charge in [0.05, 0.1) is 11.3 Å². The number of halogens is 3. The fourth-order valence-electron chi connectivity index (χ4n) is 2.74. The molecule has 0 bridgehead atoms. The minimum atomic E-state index is -4.60. The van der Waals surface area contributed by atoms with Crippen molar-refractivity contribution in [1.29, 1.82) is 0 Å². The second kappa shape index (κ2) is 11.4. The molecule has 1 aliphatic heterocycles. The molecule has 1 aliphatic rings. The molecule has 1 saturated heterocycles. The molecule has 12 heteroatoms. The third kappa shape index (κ3) is 7.89. The second-order valence-corrected chi connectivity index (χ2v) is 6.88. The van der Waals surface area contributed by atoms with Gasteiger partial charge >= 0.3 is 6.18 Å². The van der Waals surface area contributed by atoms with Gasteiger partial charge in [0.15, 0.2) is 0 Å². The first-order valence-electron chi connectivity index (χ1n) is 8.56. The Kier molecular flexibility index (Phi) is 9.99. The van der Waals surface area contributed by atoms with Gasteiger partial charge in [0.2, 0.25) is 0 Å². The normalized spacial score (nSPS) is 13.8. The van der Waals surface area contributed by atoms with Crippen LogP contribution in [0.4, 0.5) is 24.7 Å². The third-order valence-corrected chi connectivity index (χ3v) is 4.39. The molecule has 4 N–H and O–H groups in total. The van der Waals surface area contributed by atoms with Crippen LogP contribution in [0.2, 0.25) is 0 Å². The van der Waals surface area contributed by atoms with E-state index in [1.54, 1.807) is 0 Å². The fourth-order valence-corrected chi connectivity index (χ4v) is 3.08. The molecule has 0 spiro atoms. The first-order valence-corrected chi connectivity index (χ1v) is 9.64. The van der Waals surface area contributed by atoms with Crippen molar-refractivity contribution in [3.05, 3.63) is 35.4 Å². The minimum absolute atomic E-state index is 0. The Bertz CT molecular complexity index is 853. The Hall–Kier alpha value is -1.74. The molecule has 161 valence electrons. The summed E-state index contributed by atoms with van der Waals surface area (Å²) < 4.78 is 62.2. The number of nitrogens with one attached hydrogen (secondary N) is 2. The van der Waals surface area contributed by atoms with E-state index in [1.165, 1.54) is 51.4 Å². The number of nitrogens with two attached hydrogens (primary N) is 1. The van der Waals surface area contributed by atoms with E-state index in [0.717, 1.165) is 6.07 Å². The number of hydrogen-bond donors (Lipinski definition) is 3. The number of hydrogen-bond acceptors (Lipinski definition) is 7. The van der Waals surface area contributed by atoms with Crippen LogP contribution in [0.5, 0.6) is 0 Å². The molecule has 1 fully saturated rings. The van der Waals surface area contributed by atoms with Crippen LogP contribution in [0.15, 0.2) is 24.3 Å². The molecule has 0 saturated carbocycles. The summed E-state index contributed by atoms with van der Waals surface area (Å²) in [6, 6.07) is 4.47. The molecular weight excluding hydrogens is 581 g/mol. The van der Waals surface area contributed by atoms with Gasteiger partial charge in [-0.2, -0.15) is 13.2 Å². The van der Waals surface area contributed by atoms with E-state index in [4.69, 9.17) is 5.73 Å². The van der Waals surface area contributed by atoms with Crippen molar-refractivity contribution < 1.29 is 42.0 Å². The summed E-state index contributed by atoms with van der Waals surface area (Å²) in [6.45, 7) is 3.92. The van der Waals surface area contributed by atoms with E-state index in [0.29, 0.717) is 6.07 Å². The molecule has 2 heterocycles.